The molecule has 1 aromatic carbocycles. The topological polar surface area (TPSA) is 70.0 Å². The van der Waals surface area contributed by atoms with Crippen LogP contribution in [0.5, 0.6) is 11.5 Å². The number of carbonyl (C=O) groups excluding carboxylic acids is 1. The maximum Gasteiger partial charge on any atom is 0.338 e. The van der Waals surface area contributed by atoms with Crippen molar-refractivity contribution in [2.24, 2.45) is 0 Å². The second-order valence-corrected chi connectivity index (χ2v) is 3.87. The normalized spacial score (nSPS) is 10.6. The summed E-state index contributed by atoms with van der Waals surface area (Å²) in [7, 11) is 0. The summed E-state index contributed by atoms with van der Waals surface area (Å²) in [6.07, 6.45) is 0. The molecule has 0 spiro atoms. The molecule has 0 radical (unpaired) electrons. The van der Waals surface area contributed by atoms with Gasteiger partial charge in [-0.2, -0.15) is 0 Å². The van der Waals surface area contributed by atoms with E-state index in [4.69, 9.17) is 9.84 Å². The van der Waals surface area contributed by atoms with Crippen LogP contribution in [0, 0.1) is 0 Å². The van der Waals surface area contributed by atoms with E-state index < -0.39 is 5.97 Å². The first-order valence-corrected chi connectivity index (χ1v) is 6.00. The molecule has 0 aliphatic rings. The van der Waals surface area contributed by atoms with E-state index in [1.807, 2.05) is 13.8 Å². The summed E-state index contributed by atoms with van der Waals surface area (Å²) in [5.41, 5.74) is 0.227. The Morgan fingerprint density at radius 2 is 1.89 bits per heavy atom. The van der Waals surface area contributed by atoms with E-state index in [0.717, 1.165) is 13.1 Å². The largest absolute Gasteiger partial charge is 0.504 e. The molecule has 0 atom stereocenters. The third kappa shape index (κ3) is 3.92. The van der Waals surface area contributed by atoms with Crippen LogP contribution in [0.15, 0.2) is 18.2 Å². The van der Waals surface area contributed by atoms with E-state index in [2.05, 4.69) is 4.90 Å². The van der Waals surface area contributed by atoms with E-state index in [1.54, 1.807) is 0 Å². The third-order valence-corrected chi connectivity index (χ3v) is 2.75. The van der Waals surface area contributed by atoms with Gasteiger partial charge in [0.05, 0.1) is 5.56 Å². The Morgan fingerprint density at radius 1 is 1.22 bits per heavy atom. The molecule has 0 saturated heterocycles. The highest BCUT2D eigenvalue weighted by Gasteiger charge is 2.10. The number of esters is 1. The zero-order chi connectivity index (χ0) is 13.5. The monoisotopic (exact) mass is 253 g/mol. The van der Waals surface area contributed by atoms with Gasteiger partial charge < -0.3 is 19.8 Å². The first-order chi connectivity index (χ1) is 8.58. The summed E-state index contributed by atoms with van der Waals surface area (Å²) in [6, 6.07) is 3.86. The number of hydrogen-bond donors (Lipinski definition) is 2. The van der Waals surface area contributed by atoms with Crippen molar-refractivity contribution in [1.82, 2.24) is 4.90 Å². The molecule has 0 amide bonds. The highest BCUT2D eigenvalue weighted by molar-refractivity contribution is 5.90. The Morgan fingerprint density at radius 3 is 2.44 bits per heavy atom. The van der Waals surface area contributed by atoms with Gasteiger partial charge in [-0.15, -0.1) is 0 Å². The van der Waals surface area contributed by atoms with Crippen molar-refractivity contribution < 1.29 is 19.7 Å². The summed E-state index contributed by atoms with van der Waals surface area (Å²) in [5, 5.41) is 18.4. The average molecular weight is 253 g/mol. The molecule has 18 heavy (non-hydrogen) atoms. The fourth-order valence-electron chi connectivity index (χ4n) is 1.54. The molecule has 0 fully saturated rings. The van der Waals surface area contributed by atoms with Gasteiger partial charge in [-0.1, -0.05) is 13.8 Å². The maximum atomic E-state index is 11.6. The van der Waals surface area contributed by atoms with Crippen molar-refractivity contribution in [2.75, 3.05) is 26.2 Å². The number of likely N-dealkylation sites (N-methyl/N-ethyl adjacent to an activating group) is 1. The number of carbonyl (C=O) groups is 1. The van der Waals surface area contributed by atoms with Gasteiger partial charge >= 0.3 is 5.97 Å². The van der Waals surface area contributed by atoms with Gasteiger partial charge in [0, 0.05) is 6.54 Å². The van der Waals surface area contributed by atoms with Gasteiger partial charge in [0.1, 0.15) is 6.61 Å². The van der Waals surface area contributed by atoms with Crippen LogP contribution in [0.4, 0.5) is 0 Å². The van der Waals surface area contributed by atoms with Crippen LogP contribution in [0.1, 0.15) is 24.2 Å². The summed E-state index contributed by atoms with van der Waals surface area (Å²) in [6.45, 7) is 6.90. The summed E-state index contributed by atoms with van der Waals surface area (Å²) in [5.74, 6) is -1.08. The smallest absolute Gasteiger partial charge is 0.338 e. The molecule has 1 rings (SSSR count). The minimum Gasteiger partial charge on any atom is -0.504 e. The van der Waals surface area contributed by atoms with Crippen LogP contribution in [-0.4, -0.2) is 47.3 Å². The van der Waals surface area contributed by atoms with E-state index in [9.17, 15) is 9.90 Å². The number of nitrogens with zero attached hydrogens (tertiary/aromatic N) is 1. The second kappa shape index (κ2) is 6.86. The van der Waals surface area contributed by atoms with Crippen molar-refractivity contribution in [1.29, 1.82) is 0 Å². The van der Waals surface area contributed by atoms with Crippen molar-refractivity contribution >= 4 is 5.97 Å². The fraction of sp³-hybridized carbons (Fsp3) is 0.462. The number of phenols is 2. The number of aromatic hydroxyl groups is 2. The average Bonchev–Trinajstić information content (AvgIpc) is 2.37. The van der Waals surface area contributed by atoms with Crippen molar-refractivity contribution in [2.45, 2.75) is 13.8 Å². The molecule has 0 saturated carbocycles. The van der Waals surface area contributed by atoms with E-state index >= 15 is 0 Å². The lowest BCUT2D eigenvalue weighted by Gasteiger charge is -2.17. The van der Waals surface area contributed by atoms with Gasteiger partial charge in [0.25, 0.3) is 0 Å². The lowest BCUT2D eigenvalue weighted by Crippen LogP contribution is -2.27. The predicted octanol–water partition coefficient (Wildman–Crippen LogP) is 1.60. The van der Waals surface area contributed by atoms with Gasteiger partial charge in [0.2, 0.25) is 0 Å². The zero-order valence-corrected chi connectivity index (χ0v) is 10.7. The molecule has 5 nitrogen and oxygen atoms in total. The molecular weight excluding hydrogens is 234 g/mol. The molecule has 2 N–H and O–H groups in total. The van der Waals surface area contributed by atoms with Crippen LogP contribution in [-0.2, 0) is 4.74 Å². The minimum absolute atomic E-state index is 0.227. The lowest BCUT2D eigenvalue weighted by molar-refractivity contribution is 0.0466. The third-order valence-electron chi connectivity index (χ3n) is 2.75. The summed E-state index contributed by atoms with van der Waals surface area (Å²) >= 11 is 0. The highest BCUT2D eigenvalue weighted by Crippen LogP contribution is 2.25. The minimum atomic E-state index is -0.502. The van der Waals surface area contributed by atoms with Crippen molar-refractivity contribution in [3.05, 3.63) is 23.8 Å². The molecule has 0 unspecified atom stereocenters. The van der Waals surface area contributed by atoms with E-state index in [-0.39, 0.29) is 17.1 Å². The molecular formula is C13H19NO4. The lowest BCUT2D eigenvalue weighted by atomic mass is 10.2. The molecule has 0 aromatic heterocycles. The van der Waals surface area contributed by atoms with Gasteiger partial charge in [-0.05, 0) is 31.3 Å². The molecule has 0 aliphatic carbocycles. The predicted molar refractivity (Wildman–Crippen MR) is 67.8 cm³/mol. The Kier molecular flexibility index (Phi) is 5.45. The quantitative estimate of drug-likeness (QED) is 0.595. The number of ether oxygens (including phenoxy) is 1. The van der Waals surface area contributed by atoms with Gasteiger partial charge in [-0.25, -0.2) is 4.79 Å². The summed E-state index contributed by atoms with van der Waals surface area (Å²) in [4.78, 5) is 13.8. The number of hydrogen-bond acceptors (Lipinski definition) is 5. The first-order valence-electron chi connectivity index (χ1n) is 6.00. The molecule has 100 valence electrons. The molecule has 0 bridgehead atoms. The molecule has 0 aliphatic heterocycles. The SMILES string of the molecule is CCN(CC)CCOC(=O)c1ccc(O)c(O)c1. The van der Waals surface area contributed by atoms with Crippen molar-refractivity contribution in [3.63, 3.8) is 0 Å². The first kappa shape index (κ1) is 14.3. The van der Waals surface area contributed by atoms with Gasteiger partial charge in [-0.3, -0.25) is 0 Å². The van der Waals surface area contributed by atoms with Crippen LogP contribution in [0.25, 0.3) is 0 Å². The number of rotatable bonds is 6. The van der Waals surface area contributed by atoms with E-state index in [0.29, 0.717) is 13.2 Å². The number of benzene rings is 1. The van der Waals surface area contributed by atoms with E-state index in [1.165, 1.54) is 18.2 Å². The Labute approximate surface area is 107 Å². The van der Waals surface area contributed by atoms with Crippen LogP contribution >= 0.6 is 0 Å². The van der Waals surface area contributed by atoms with Gasteiger partial charge in [0.15, 0.2) is 11.5 Å². The number of phenolic OH excluding ortho intramolecular Hbond substituents is 2. The van der Waals surface area contributed by atoms with Crippen LogP contribution < -0.4 is 0 Å². The molecule has 1 aromatic rings. The zero-order valence-electron chi connectivity index (χ0n) is 10.7. The van der Waals surface area contributed by atoms with Crippen LogP contribution in [0.3, 0.4) is 0 Å². The standard InChI is InChI=1S/C13H19NO4/c1-3-14(4-2)7-8-18-13(17)10-5-6-11(15)12(16)9-10/h5-6,9,15-16H,3-4,7-8H2,1-2H3. The molecule has 5 heteroatoms. The Hall–Kier alpha value is -1.75. The van der Waals surface area contributed by atoms with Crippen LogP contribution in [0.2, 0.25) is 0 Å². The maximum absolute atomic E-state index is 11.6. The Balaban J connectivity index is 2.48. The highest BCUT2D eigenvalue weighted by atomic mass is 16.5. The second-order valence-electron chi connectivity index (χ2n) is 3.87. The summed E-state index contributed by atoms with van der Waals surface area (Å²) < 4.78 is 5.08. The Bertz CT molecular complexity index is 402. The fourth-order valence-corrected chi connectivity index (χ4v) is 1.54. The van der Waals surface area contributed by atoms with Crippen molar-refractivity contribution in [3.8, 4) is 11.5 Å². The molecule has 0 heterocycles.